The minimum Gasteiger partial charge on any atom is -0.321 e. The van der Waals surface area contributed by atoms with Gasteiger partial charge >= 0.3 is 6.11 Å². The molecule has 0 spiro atoms. The number of imidazole rings is 1. The van der Waals surface area contributed by atoms with Gasteiger partial charge in [0.15, 0.2) is 0 Å². The third-order valence-corrected chi connectivity index (χ3v) is 2.89. The number of alkyl halides is 2. The Labute approximate surface area is 96.8 Å². The van der Waals surface area contributed by atoms with Crippen LogP contribution in [0.25, 0.3) is 0 Å². The topological polar surface area (TPSA) is 30.3 Å². The summed E-state index contributed by atoms with van der Waals surface area (Å²) in [5.74, 6) is 0. The largest absolute Gasteiger partial charge is 0.368 e. The van der Waals surface area contributed by atoms with Crippen molar-refractivity contribution in [2.24, 2.45) is 7.05 Å². The highest BCUT2D eigenvalue weighted by Crippen LogP contribution is 2.22. The molecule has 16 heavy (non-hydrogen) atoms. The lowest BCUT2D eigenvalue weighted by Crippen LogP contribution is -2.46. The van der Waals surface area contributed by atoms with E-state index in [2.05, 4.69) is 9.72 Å². The van der Waals surface area contributed by atoms with Crippen LogP contribution in [0, 0.1) is 0 Å². The van der Waals surface area contributed by atoms with Crippen molar-refractivity contribution in [2.75, 3.05) is 19.7 Å². The van der Waals surface area contributed by atoms with Gasteiger partial charge in [-0.05, 0) is 11.6 Å². The average Bonchev–Trinajstić information content (AvgIpc) is 2.48. The maximum atomic E-state index is 13.0. The lowest BCUT2D eigenvalue weighted by atomic mass is 10.3. The smallest absolute Gasteiger partial charge is 0.321 e. The molecule has 90 valence electrons. The number of morpholine rings is 1. The van der Waals surface area contributed by atoms with Crippen LogP contribution in [0.4, 0.5) is 8.78 Å². The van der Waals surface area contributed by atoms with Crippen LogP contribution in [0.3, 0.4) is 0 Å². The highest BCUT2D eigenvalue weighted by molar-refractivity contribution is 6.28. The number of halogens is 3. The van der Waals surface area contributed by atoms with E-state index in [1.807, 2.05) is 0 Å². The Balaban J connectivity index is 2.02. The fourth-order valence-corrected chi connectivity index (χ4v) is 1.80. The van der Waals surface area contributed by atoms with Crippen LogP contribution in [-0.4, -0.2) is 40.3 Å². The van der Waals surface area contributed by atoms with Gasteiger partial charge in [0.2, 0.25) is 5.28 Å². The molecule has 2 heterocycles. The molecule has 1 fully saturated rings. The zero-order chi connectivity index (χ0) is 11.8. The van der Waals surface area contributed by atoms with Gasteiger partial charge in [0.1, 0.15) is 0 Å². The van der Waals surface area contributed by atoms with E-state index >= 15 is 0 Å². The van der Waals surface area contributed by atoms with Crippen molar-refractivity contribution in [3.05, 3.63) is 17.2 Å². The fraction of sp³-hybridized carbons (Fsp3) is 0.667. The molecule has 0 atom stereocenters. The molecular formula is C9H12ClF2N3O. The van der Waals surface area contributed by atoms with Crippen LogP contribution in [0.2, 0.25) is 5.28 Å². The lowest BCUT2D eigenvalue weighted by molar-refractivity contribution is -0.271. The predicted octanol–water partition coefficient (Wildman–Crippen LogP) is 1.50. The first-order valence-electron chi connectivity index (χ1n) is 4.88. The minimum absolute atomic E-state index is 0.0403. The van der Waals surface area contributed by atoms with Gasteiger partial charge in [0.05, 0.1) is 25.0 Å². The molecule has 1 aliphatic rings. The summed E-state index contributed by atoms with van der Waals surface area (Å²) in [5.41, 5.74) is 0.808. The summed E-state index contributed by atoms with van der Waals surface area (Å²) in [7, 11) is 1.75. The Morgan fingerprint density at radius 2 is 2.38 bits per heavy atom. The Kier molecular flexibility index (Phi) is 3.14. The molecule has 0 amide bonds. The van der Waals surface area contributed by atoms with Gasteiger partial charge in [-0.25, -0.2) is 4.98 Å². The standard InChI is InChI=1S/C9H12ClF2N3O/c1-14-7(4-13-8(14)10)5-15-2-3-16-9(11,12)6-15/h4H,2-3,5-6H2,1H3. The van der Waals surface area contributed by atoms with Gasteiger partial charge in [-0.1, -0.05) is 0 Å². The van der Waals surface area contributed by atoms with E-state index in [-0.39, 0.29) is 6.61 Å². The van der Waals surface area contributed by atoms with Crippen molar-refractivity contribution in [1.82, 2.24) is 14.5 Å². The quantitative estimate of drug-likeness (QED) is 0.798. The summed E-state index contributed by atoms with van der Waals surface area (Å²) in [6.45, 7) is 0.530. The maximum Gasteiger partial charge on any atom is 0.368 e. The number of nitrogens with zero attached hydrogens (tertiary/aromatic N) is 3. The van der Waals surface area contributed by atoms with E-state index in [1.54, 1.807) is 22.7 Å². The molecular weight excluding hydrogens is 240 g/mol. The predicted molar refractivity (Wildman–Crippen MR) is 54.4 cm³/mol. The van der Waals surface area contributed by atoms with Gasteiger partial charge in [-0.2, -0.15) is 8.78 Å². The molecule has 1 saturated heterocycles. The van der Waals surface area contributed by atoms with Gasteiger partial charge in [0.25, 0.3) is 0 Å². The van der Waals surface area contributed by atoms with Crippen molar-refractivity contribution in [2.45, 2.75) is 12.7 Å². The SMILES string of the molecule is Cn1c(CN2CCOC(F)(F)C2)cnc1Cl. The lowest BCUT2D eigenvalue weighted by Gasteiger charge is -2.32. The Morgan fingerprint density at radius 1 is 1.62 bits per heavy atom. The van der Waals surface area contributed by atoms with Crippen LogP contribution in [0.5, 0.6) is 0 Å². The highest BCUT2D eigenvalue weighted by atomic mass is 35.5. The van der Waals surface area contributed by atoms with Crippen LogP contribution >= 0.6 is 11.6 Å². The van der Waals surface area contributed by atoms with E-state index in [4.69, 9.17) is 11.6 Å². The van der Waals surface area contributed by atoms with Gasteiger partial charge in [-0.3, -0.25) is 4.90 Å². The number of hydrogen-bond acceptors (Lipinski definition) is 3. The molecule has 0 unspecified atom stereocenters. The molecule has 2 rings (SSSR count). The molecule has 0 saturated carbocycles. The van der Waals surface area contributed by atoms with E-state index in [0.29, 0.717) is 18.4 Å². The zero-order valence-corrected chi connectivity index (χ0v) is 9.55. The van der Waals surface area contributed by atoms with Gasteiger partial charge in [0, 0.05) is 20.1 Å². The van der Waals surface area contributed by atoms with Crippen LogP contribution in [0.1, 0.15) is 5.69 Å². The van der Waals surface area contributed by atoms with Crippen molar-refractivity contribution in [3.63, 3.8) is 0 Å². The van der Waals surface area contributed by atoms with Gasteiger partial charge < -0.3 is 9.30 Å². The Hall–Kier alpha value is -0.720. The van der Waals surface area contributed by atoms with E-state index in [0.717, 1.165) is 5.69 Å². The highest BCUT2D eigenvalue weighted by Gasteiger charge is 2.36. The van der Waals surface area contributed by atoms with E-state index in [9.17, 15) is 8.78 Å². The summed E-state index contributed by atoms with van der Waals surface area (Å²) in [6, 6.07) is 0. The molecule has 7 heteroatoms. The van der Waals surface area contributed by atoms with E-state index in [1.165, 1.54) is 0 Å². The molecule has 0 aromatic carbocycles. The second-order valence-electron chi connectivity index (χ2n) is 3.77. The molecule has 1 aliphatic heterocycles. The van der Waals surface area contributed by atoms with Gasteiger partial charge in [-0.15, -0.1) is 0 Å². The summed E-state index contributed by atoms with van der Waals surface area (Å²) in [5, 5.41) is 0.356. The summed E-state index contributed by atoms with van der Waals surface area (Å²) < 4.78 is 31.9. The third-order valence-electron chi connectivity index (χ3n) is 2.54. The molecule has 1 aromatic heterocycles. The first-order valence-corrected chi connectivity index (χ1v) is 5.26. The number of hydrogen-bond donors (Lipinski definition) is 0. The van der Waals surface area contributed by atoms with Crippen molar-refractivity contribution < 1.29 is 13.5 Å². The molecule has 4 nitrogen and oxygen atoms in total. The first-order chi connectivity index (χ1) is 7.48. The minimum atomic E-state index is -3.05. The molecule has 1 aromatic rings. The van der Waals surface area contributed by atoms with Crippen molar-refractivity contribution in [1.29, 1.82) is 0 Å². The zero-order valence-electron chi connectivity index (χ0n) is 8.79. The fourth-order valence-electron chi connectivity index (χ4n) is 1.64. The van der Waals surface area contributed by atoms with Crippen LogP contribution in [-0.2, 0) is 18.3 Å². The van der Waals surface area contributed by atoms with E-state index < -0.39 is 12.7 Å². The summed E-state index contributed by atoms with van der Waals surface area (Å²) >= 11 is 5.76. The maximum absolute atomic E-state index is 13.0. The van der Waals surface area contributed by atoms with Crippen LogP contribution in [0.15, 0.2) is 6.20 Å². The second kappa shape index (κ2) is 4.27. The van der Waals surface area contributed by atoms with Crippen molar-refractivity contribution in [3.8, 4) is 0 Å². The second-order valence-corrected chi connectivity index (χ2v) is 4.11. The third kappa shape index (κ3) is 2.50. The van der Waals surface area contributed by atoms with Crippen LogP contribution < -0.4 is 0 Å². The monoisotopic (exact) mass is 251 g/mol. The molecule has 0 N–H and O–H groups in total. The Bertz CT molecular complexity index is 383. The molecule has 0 radical (unpaired) electrons. The molecule has 0 bridgehead atoms. The first kappa shape index (κ1) is 11.8. The number of ether oxygens (including phenoxy) is 1. The molecule has 0 aliphatic carbocycles. The number of rotatable bonds is 2. The average molecular weight is 252 g/mol. The van der Waals surface area contributed by atoms with Crippen molar-refractivity contribution >= 4 is 11.6 Å². The number of aromatic nitrogens is 2. The summed E-state index contributed by atoms with van der Waals surface area (Å²) in [6.07, 6.45) is -1.46. The Morgan fingerprint density at radius 3 is 2.94 bits per heavy atom. The summed E-state index contributed by atoms with van der Waals surface area (Å²) in [4.78, 5) is 5.52. The normalized spacial score (nSPS) is 21.2.